The molecule has 0 unspecified atom stereocenters. The summed E-state index contributed by atoms with van der Waals surface area (Å²) in [6.07, 6.45) is 7.51. The first-order chi connectivity index (χ1) is 24.5. The molecular formula is C45H53GeIrN5O-2. The van der Waals surface area contributed by atoms with Crippen LogP contribution in [0.3, 0.4) is 0 Å². The maximum atomic E-state index is 6.23. The summed E-state index contributed by atoms with van der Waals surface area (Å²) in [5.41, 5.74) is 11.2. The van der Waals surface area contributed by atoms with Crippen molar-refractivity contribution >= 4 is 50.8 Å². The van der Waals surface area contributed by atoms with E-state index in [4.69, 9.17) is 14.4 Å². The number of pyridine rings is 3. The van der Waals surface area contributed by atoms with Crippen molar-refractivity contribution in [2.24, 2.45) is 5.41 Å². The Balaban J connectivity index is 0.000000207. The van der Waals surface area contributed by atoms with E-state index in [0.29, 0.717) is 11.1 Å². The van der Waals surface area contributed by atoms with Crippen molar-refractivity contribution in [3.05, 3.63) is 102 Å². The molecule has 5 heterocycles. The van der Waals surface area contributed by atoms with E-state index >= 15 is 0 Å². The fraction of sp³-hybridized carbons (Fsp3) is 0.378. The largest absolute Gasteiger partial charge is 0.486 e. The minimum atomic E-state index is -1.93. The Hall–Kier alpha value is -3.65. The average molecular weight is 945 g/mol. The first-order valence-electron chi connectivity index (χ1n) is 18.6. The van der Waals surface area contributed by atoms with Crippen LogP contribution in [0.2, 0.25) is 17.3 Å². The zero-order valence-corrected chi connectivity index (χ0v) is 37.9. The third-order valence-corrected chi connectivity index (χ3v) is 14.8. The van der Waals surface area contributed by atoms with Crippen LogP contribution in [0.15, 0.2) is 71.4 Å². The van der Waals surface area contributed by atoms with Gasteiger partial charge >= 0.3 is 145 Å². The Morgan fingerprint density at radius 3 is 2.26 bits per heavy atom. The molecule has 0 amide bonds. The predicted molar refractivity (Wildman–Crippen MR) is 220 cm³/mol. The third-order valence-electron chi connectivity index (χ3n) is 10.5. The minimum absolute atomic E-state index is 0. The van der Waals surface area contributed by atoms with Gasteiger partial charge in [0.25, 0.3) is 0 Å². The smallest absolute Gasteiger partial charge is 0.216 e. The molecule has 0 saturated carbocycles. The number of rotatable bonds is 7. The van der Waals surface area contributed by atoms with E-state index in [1.54, 1.807) is 10.6 Å². The van der Waals surface area contributed by atoms with E-state index in [1.807, 2.05) is 44.2 Å². The molecule has 1 radical (unpaired) electrons. The summed E-state index contributed by atoms with van der Waals surface area (Å²) < 4.78 is 10.0. The maximum absolute atomic E-state index is 6.23. The van der Waals surface area contributed by atoms with Gasteiger partial charge in [-0.2, -0.15) is 0 Å². The normalized spacial score (nSPS) is 12.2. The van der Waals surface area contributed by atoms with Gasteiger partial charge in [0.15, 0.2) is 0 Å². The van der Waals surface area contributed by atoms with Gasteiger partial charge in [-0.3, -0.25) is 9.97 Å². The molecule has 0 aliphatic carbocycles. The quantitative estimate of drug-likeness (QED) is 0.118. The summed E-state index contributed by atoms with van der Waals surface area (Å²) >= 11 is -1.93. The van der Waals surface area contributed by atoms with Crippen LogP contribution in [0.25, 0.3) is 55.7 Å². The molecule has 0 atom stereocenters. The number of hydrogen-bond donors (Lipinski definition) is 0. The third kappa shape index (κ3) is 8.23. The number of furan rings is 1. The van der Waals surface area contributed by atoms with Gasteiger partial charge in [0, 0.05) is 42.9 Å². The van der Waals surface area contributed by atoms with E-state index in [0.717, 1.165) is 73.4 Å². The SMILES string of the molecule is CCC(C)(CC)Cc1cc(-c2[c-]cccc2)nc[c]1[Ge]([CH3])([CH3])[CH3].Cc1cc2nc(-c3[c-]cc(C)c4c3oc3ncccc34)n(C(C)(C)C)c2c(C)n1.[Ir]. The number of fused-ring (bicyclic) bond motifs is 4. The van der Waals surface area contributed by atoms with Crippen molar-refractivity contribution in [3.8, 4) is 22.6 Å². The molecular weight excluding hydrogens is 891 g/mol. The van der Waals surface area contributed by atoms with Crippen LogP contribution >= 0.6 is 0 Å². The molecule has 0 aliphatic heterocycles. The fourth-order valence-electron chi connectivity index (χ4n) is 7.22. The van der Waals surface area contributed by atoms with Gasteiger partial charge in [0.2, 0.25) is 5.71 Å². The molecule has 279 valence electrons. The van der Waals surface area contributed by atoms with Crippen LogP contribution in [0.5, 0.6) is 0 Å². The molecule has 8 heteroatoms. The van der Waals surface area contributed by atoms with E-state index in [2.05, 4.69) is 123 Å². The van der Waals surface area contributed by atoms with Crippen molar-refractivity contribution in [2.75, 3.05) is 0 Å². The molecule has 6 nitrogen and oxygen atoms in total. The minimum Gasteiger partial charge on any atom is -0.486 e. The summed E-state index contributed by atoms with van der Waals surface area (Å²) in [6.45, 7) is 19.7. The van der Waals surface area contributed by atoms with Crippen molar-refractivity contribution in [3.63, 3.8) is 0 Å². The van der Waals surface area contributed by atoms with Gasteiger partial charge in [-0.05, 0) is 52.8 Å². The number of aromatic nitrogens is 5. The van der Waals surface area contributed by atoms with Gasteiger partial charge in [0.05, 0.1) is 28.1 Å². The van der Waals surface area contributed by atoms with Crippen molar-refractivity contribution < 1.29 is 24.5 Å². The number of nitrogens with zero attached hydrogens (tertiary/aromatic N) is 5. The fourth-order valence-corrected chi connectivity index (χ4v) is 10.5. The standard InChI is InChI=1S/C24H23N4O.C21H30GeN.Ir/c1-13-9-10-17(21-19(13)16-8-7-11-25-23(16)29-21)22-27-18-12-14(2)26-15(3)20(18)28(22)24(4,5)6;1-7-21(3,8-2)15-18-14-20(17-12-10-9-11-13-17)23-16-19(18)22(4,5)6;/h7-9,11-12H,1-6H3;9-12,14,16H,7-8,15H2,1-6H3;/q2*-1;. The molecule has 7 aromatic rings. The first kappa shape index (κ1) is 40.5. The van der Waals surface area contributed by atoms with Gasteiger partial charge in [-0.15, -0.1) is 17.7 Å². The van der Waals surface area contributed by atoms with Crippen molar-refractivity contribution in [1.29, 1.82) is 0 Å². The number of aryl methyl sites for hydroxylation is 3. The Morgan fingerprint density at radius 1 is 0.887 bits per heavy atom. The molecule has 0 bridgehead atoms. The number of imidazole rings is 1. The molecule has 53 heavy (non-hydrogen) atoms. The van der Waals surface area contributed by atoms with E-state index < -0.39 is 13.3 Å². The molecule has 0 aliphatic rings. The van der Waals surface area contributed by atoms with Gasteiger partial charge in [0.1, 0.15) is 0 Å². The second-order valence-electron chi connectivity index (χ2n) is 16.6. The van der Waals surface area contributed by atoms with Crippen LogP contribution in [-0.2, 0) is 32.1 Å². The summed E-state index contributed by atoms with van der Waals surface area (Å²) in [4.78, 5) is 18.9. The summed E-state index contributed by atoms with van der Waals surface area (Å²) in [5, 5.41) is 2.09. The van der Waals surface area contributed by atoms with Gasteiger partial charge in [-0.25, -0.2) is 4.98 Å². The zero-order chi connectivity index (χ0) is 37.6. The zero-order valence-electron chi connectivity index (χ0n) is 33.4. The average Bonchev–Trinajstić information content (AvgIpc) is 3.69. The second-order valence-corrected chi connectivity index (χ2v) is 27.2. The number of hydrogen-bond acceptors (Lipinski definition) is 5. The van der Waals surface area contributed by atoms with E-state index in [-0.39, 0.29) is 25.6 Å². The van der Waals surface area contributed by atoms with E-state index in [1.165, 1.54) is 18.4 Å². The van der Waals surface area contributed by atoms with Crippen molar-refractivity contribution in [1.82, 2.24) is 24.5 Å². The molecule has 7 rings (SSSR count). The molecule has 0 N–H and O–H groups in total. The molecule has 5 aromatic heterocycles. The van der Waals surface area contributed by atoms with Crippen LogP contribution < -0.4 is 4.40 Å². The van der Waals surface area contributed by atoms with Gasteiger partial charge in [-0.1, -0.05) is 17.9 Å². The number of benzene rings is 2. The molecule has 0 spiro atoms. The molecule has 0 fully saturated rings. The first-order valence-corrected chi connectivity index (χ1v) is 25.9. The monoisotopic (exact) mass is 946 g/mol. The Labute approximate surface area is 332 Å². The van der Waals surface area contributed by atoms with E-state index in [9.17, 15) is 0 Å². The Kier molecular flexibility index (Phi) is 11.9. The maximum Gasteiger partial charge on any atom is 0.216 e. The predicted octanol–water partition coefficient (Wildman–Crippen LogP) is 11.3. The van der Waals surface area contributed by atoms with Crippen LogP contribution in [0.1, 0.15) is 76.9 Å². The molecule has 2 aromatic carbocycles. The van der Waals surface area contributed by atoms with Crippen LogP contribution in [0, 0.1) is 38.3 Å². The topological polar surface area (TPSA) is 69.6 Å². The Morgan fingerprint density at radius 2 is 1.62 bits per heavy atom. The second kappa shape index (κ2) is 15.6. The van der Waals surface area contributed by atoms with Gasteiger partial charge < -0.3 is 8.98 Å². The van der Waals surface area contributed by atoms with Crippen LogP contribution in [-0.4, -0.2) is 37.8 Å². The summed E-state index contributed by atoms with van der Waals surface area (Å²) in [6, 6.07) is 25.3. The summed E-state index contributed by atoms with van der Waals surface area (Å²) in [7, 11) is 0. The van der Waals surface area contributed by atoms with Crippen LogP contribution in [0.4, 0.5) is 0 Å². The Bertz CT molecular complexity index is 2380. The summed E-state index contributed by atoms with van der Waals surface area (Å²) in [5.74, 6) is 8.23. The molecule has 0 saturated heterocycles. The van der Waals surface area contributed by atoms with Crippen molar-refractivity contribution in [2.45, 2.75) is 104 Å².